The molecule has 0 amide bonds. The first kappa shape index (κ1) is 16.6. The fourth-order valence-electron chi connectivity index (χ4n) is 2.36. The van der Waals surface area contributed by atoms with Gasteiger partial charge in [-0.1, -0.05) is 36.4 Å². The van der Waals surface area contributed by atoms with Gasteiger partial charge in [-0.25, -0.2) is 8.42 Å². The summed E-state index contributed by atoms with van der Waals surface area (Å²) >= 11 is 0. The number of ether oxygens (including phenoxy) is 2. The van der Waals surface area contributed by atoms with Gasteiger partial charge in [-0.3, -0.25) is 0 Å². The summed E-state index contributed by atoms with van der Waals surface area (Å²) in [7, 11) is 4.89. The molecular formula is C16H17ClO4S. The molecule has 22 heavy (non-hydrogen) atoms. The number of benzene rings is 2. The molecule has 0 aromatic heterocycles. The zero-order valence-electron chi connectivity index (χ0n) is 12.3. The molecule has 0 saturated carbocycles. The highest BCUT2D eigenvalue weighted by atomic mass is 35.7. The second-order valence-corrected chi connectivity index (χ2v) is 7.53. The van der Waals surface area contributed by atoms with Gasteiger partial charge in [-0.15, -0.1) is 0 Å². The van der Waals surface area contributed by atoms with Crippen molar-refractivity contribution in [3.05, 3.63) is 59.7 Å². The first-order chi connectivity index (χ1) is 10.5. The van der Waals surface area contributed by atoms with Crippen molar-refractivity contribution >= 4 is 19.7 Å². The lowest BCUT2D eigenvalue weighted by atomic mass is 10.0. The third-order valence-corrected chi connectivity index (χ3v) is 5.17. The van der Waals surface area contributed by atoms with E-state index in [0.717, 1.165) is 5.56 Å². The third-order valence-electron chi connectivity index (χ3n) is 3.42. The molecule has 6 heteroatoms. The molecule has 2 rings (SSSR count). The topological polar surface area (TPSA) is 52.6 Å². The van der Waals surface area contributed by atoms with Crippen LogP contribution in [0.25, 0.3) is 0 Å². The van der Waals surface area contributed by atoms with Crippen molar-refractivity contribution in [2.24, 2.45) is 0 Å². The SMILES string of the molecule is COc1ccccc1CC(c1ccccc1OC)S(=O)(=O)Cl. The average Bonchev–Trinajstić information content (AvgIpc) is 2.51. The van der Waals surface area contributed by atoms with E-state index in [-0.39, 0.29) is 6.42 Å². The molecule has 2 aromatic rings. The van der Waals surface area contributed by atoms with E-state index in [2.05, 4.69) is 0 Å². The fraction of sp³-hybridized carbons (Fsp3) is 0.250. The van der Waals surface area contributed by atoms with Crippen molar-refractivity contribution in [2.75, 3.05) is 14.2 Å². The lowest BCUT2D eigenvalue weighted by Gasteiger charge is -2.18. The second-order valence-electron chi connectivity index (χ2n) is 4.72. The Morgan fingerprint density at radius 2 is 1.50 bits per heavy atom. The molecule has 0 aliphatic heterocycles. The van der Waals surface area contributed by atoms with Crippen LogP contribution >= 0.6 is 10.7 Å². The van der Waals surface area contributed by atoms with Crippen molar-refractivity contribution in [2.45, 2.75) is 11.7 Å². The summed E-state index contributed by atoms with van der Waals surface area (Å²) in [5.74, 6) is 1.12. The van der Waals surface area contributed by atoms with Gasteiger partial charge in [0.2, 0.25) is 9.05 Å². The number of methoxy groups -OCH3 is 2. The maximum atomic E-state index is 12.1. The molecule has 0 radical (unpaired) electrons. The van der Waals surface area contributed by atoms with Crippen LogP contribution in [0.4, 0.5) is 0 Å². The van der Waals surface area contributed by atoms with Crippen LogP contribution < -0.4 is 9.47 Å². The molecule has 0 bridgehead atoms. The van der Waals surface area contributed by atoms with E-state index in [4.69, 9.17) is 20.2 Å². The first-order valence-corrected chi connectivity index (χ1v) is 9.03. The summed E-state index contributed by atoms with van der Waals surface area (Å²) in [5.41, 5.74) is 1.30. The highest BCUT2D eigenvalue weighted by Crippen LogP contribution is 2.36. The maximum absolute atomic E-state index is 12.1. The Labute approximate surface area is 135 Å². The van der Waals surface area contributed by atoms with Gasteiger partial charge in [0.05, 0.1) is 14.2 Å². The van der Waals surface area contributed by atoms with E-state index < -0.39 is 14.3 Å². The smallest absolute Gasteiger partial charge is 0.240 e. The zero-order valence-corrected chi connectivity index (χ0v) is 13.9. The number of hydrogen-bond donors (Lipinski definition) is 0. The molecular weight excluding hydrogens is 324 g/mol. The number of rotatable bonds is 6. The van der Waals surface area contributed by atoms with Crippen LogP contribution in [0.2, 0.25) is 0 Å². The lowest BCUT2D eigenvalue weighted by Crippen LogP contribution is -2.12. The predicted octanol–water partition coefficient (Wildman–Crippen LogP) is 3.56. The summed E-state index contributed by atoms with van der Waals surface area (Å²) in [4.78, 5) is 0. The minimum atomic E-state index is -3.84. The average molecular weight is 341 g/mol. The summed E-state index contributed by atoms with van der Waals surface area (Å²) in [5, 5.41) is -0.915. The molecule has 0 spiro atoms. The Kier molecular flexibility index (Phi) is 5.32. The van der Waals surface area contributed by atoms with E-state index in [0.29, 0.717) is 17.1 Å². The van der Waals surface area contributed by atoms with E-state index in [1.54, 1.807) is 37.4 Å². The van der Waals surface area contributed by atoms with Gasteiger partial charge in [0.25, 0.3) is 0 Å². The van der Waals surface area contributed by atoms with Gasteiger partial charge in [0.1, 0.15) is 16.7 Å². The summed E-state index contributed by atoms with van der Waals surface area (Å²) in [6.07, 6.45) is 0.205. The van der Waals surface area contributed by atoms with Crippen LogP contribution in [0, 0.1) is 0 Å². The van der Waals surface area contributed by atoms with Crippen molar-refractivity contribution in [3.8, 4) is 11.5 Å². The predicted molar refractivity (Wildman–Crippen MR) is 87.2 cm³/mol. The van der Waals surface area contributed by atoms with Crippen LogP contribution in [0.5, 0.6) is 11.5 Å². The van der Waals surface area contributed by atoms with Crippen molar-refractivity contribution in [3.63, 3.8) is 0 Å². The Hall–Kier alpha value is -1.72. The van der Waals surface area contributed by atoms with Gasteiger partial charge in [-0.2, -0.15) is 0 Å². The quantitative estimate of drug-likeness (QED) is 0.754. The highest BCUT2D eigenvalue weighted by Gasteiger charge is 2.29. The zero-order chi connectivity index (χ0) is 16.2. The Balaban J connectivity index is 2.49. The maximum Gasteiger partial charge on any atom is 0.240 e. The van der Waals surface area contributed by atoms with Crippen LogP contribution in [-0.2, 0) is 15.5 Å². The van der Waals surface area contributed by atoms with Crippen LogP contribution in [-0.4, -0.2) is 22.6 Å². The van der Waals surface area contributed by atoms with E-state index >= 15 is 0 Å². The second kappa shape index (κ2) is 7.03. The molecule has 0 aliphatic carbocycles. The molecule has 2 aromatic carbocycles. The molecule has 0 heterocycles. The Bertz CT molecular complexity index is 743. The van der Waals surface area contributed by atoms with Crippen LogP contribution in [0.3, 0.4) is 0 Å². The van der Waals surface area contributed by atoms with E-state index in [1.807, 2.05) is 18.2 Å². The largest absolute Gasteiger partial charge is 0.496 e. The third kappa shape index (κ3) is 3.72. The molecule has 0 fully saturated rings. The van der Waals surface area contributed by atoms with Crippen molar-refractivity contribution in [1.29, 1.82) is 0 Å². The molecule has 1 atom stereocenters. The molecule has 1 unspecified atom stereocenters. The number of para-hydroxylation sites is 2. The van der Waals surface area contributed by atoms with Gasteiger partial charge in [0, 0.05) is 16.2 Å². The van der Waals surface area contributed by atoms with Crippen LogP contribution in [0.1, 0.15) is 16.4 Å². The minimum Gasteiger partial charge on any atom is -0.496 e. The molecule has 4 nitrogen and oxygen atoms in total. The van der Waals surface area contributed by atoms with Gasteiger partial charge in [-0.05, 0) is 24.1 Å². The Morgan fingerprint density at radius 1 is 0.955 bits per heavy atom. The van der Waals surface area contributed by atoms with Gasteiger partial charge in [0.15, 0.2) is 0 Å². The lowest BCUT2D eigenvalue weighted by molar-refractivity contribution is 0.404. The van der Waals surface area contributed by atoms with Gasteiger partial charge < -0.3 is 9.47 Å². The normalized spacial score (nSPS) is 12.7. The number of halogens is 1. The van der Waals surface area contributed by atoms with E-state index in [9.17, 15) is 8.42 Å². The summed E-state index contributed by atoms with van der Waals surface area (Å²) < 4.78 is 34.7. The van der Waals surface area contributed by atoms with Crippen molar-refractivity contribution < 1.29 is 17.9 Å². The summed E-state index contributed by atoms with van der Waals surface area (Å²) in [6.45, 7) is 0. The van der Waals surface area contributed by atoms with Crippen molar-refractivity contribution in [1.82, 2.24) is 0 Å². The molecule has 0 aliphatic rings. The van der Waals surface area contributed by atoms with Gasteiger partial charge >= 0.3 is 0 Å². The Morgan fingerprint density at radius 3 is 2.09 bits per heavy atom. The molecule has 0 saturated heterocycles. The minimum absolute atomic E-state index is 0.205. The number of hydrogen-bond acceptors (Lipinski definition) is 4. The molecule has 0 N–H and O–H groups in total. The monoisotopic (exact) mass is 340 g/mol. The van der Waals surface area contributed by atoms with E-state index in [1.165, 1.54) is 7.11 Å². The standard InChI is InChI=1S/C16H17ClO4S/c1-20-14-9-5-3-7-12(14)11-16(22(17,18)19)13-8-4-6-10-15(13)21-2/h3-10,16H,11H2,1-2H3. The highest BCUT2D eigenvalue weighted by molar-refractivity contribution is 8.13. The molecule has 118 valence electrons. The fourth-order valence-corrected chi connectivity index (χ4v) is 3.72. The summed E-state index contributed by atoms with van der Waals surface area (Å²) in [6, 6.07) is 14.2. The van der Waals surface area contributed by atoms with Crippen LogP contribution in [0.15, 0.2) is 48.5 Å². The first-order valence-electron chi connectivity index (χ1n) is 6.65.